The first-order chi connectivity index (χ1) is 9.11. The number of carbonyl (C=O) groups excluding carboxylic acids is 1. The van der Waals surface area contributed by atoms with Gasteiger partial charge in [0.2, 0.25) is 0 Å². The second-order valence-corrected chi connectivity index (χ2v) is 5.73. The molecule has 2 unspecified atom stereocenters. The van der Waals surface area contributed by atoms with Crippen LogP contribution >= 0.6 is 0 Å². The first-order valence-corrected chi connectivity index (χ1v) is 7.24. The van der Waals surface area contributed by atoms with Crippen molar-refractivity contribution in [1.82, 2.24) is 4.90 Å². The van der Waals surface area contributed by atoms with E-state index in [2.05, 4.69) is 19.2 Å². The van der Waals surface area contributed by atoms with Crippen LogP contribution in [0.15, 0.2) is 24.3 Å². The third kappa shape index (κ3) is 3.28. The van der Waals surface area contributed by atoms with Gasteiger partial charge in [0.25, 0.3) is 5.91 Å². The van der Waals surface area contributed by atoms with E-state index < -0.39 is 0 Å². The van der Waals surface area contributed by atoms with Crippen LogP contribution in [0.3, 0.4) is 0 Å². The number of anilines is 1. The van der Waals surface area contributed by atoms with E-state index in [0.717, 1.165) is 30.9 Å². The number of benzene rings is 1. The summed E-state index contributed by atoms with van der Waals surface area (Å²) in [6.45, 7) is 9.09. The van der Waals surface area contributed by atoms with Crippen LogP contribution in [0.4, 0.5) is 5.69 Å². The van der Waals surface area contributed by atoms with Crippen molar-refractivity contribution in [2.24, 2.45) is 11.8 Å². The Morgan fingerprint density at radius 3 is 2.53 bits per heavy atom. The normalized spacial score (nSPS) is 23.2. The van der Waals surface area contributed by atoms with Crippen LogP contribution in [0.2, 0.25) is 0 Å². The van der Waals surface area contributed by atoms with Crippen LogP contribution < -0.4 is 5.32 Å². The number of hydrogen-bond donors (Lipinski definition) is 1. The minimum atomic E-state index is 0.162. The van der Waals surface area contributed by atoms with Gasteiger partial charge in [-0.15, -0.1) is 0 Å². The Bertz CT molecular complexity index is 434. The van der Waals surface area contributed by atoms with Gasteiger partial charge in [-0.3, -0.25) is 4.79 Å². The van der Waals surface area contributed by atoms with E-state index in [4.69, 9.17) is 0 Å². The van der Waals surface area contributed by atoms with Gasteiger partial charge in [0, 0.05) is 25.3 Å². The maximum atomic E-state index is 12.7. The third-order valence-electron chi connectivity index (χ3n) is 3.68. The fourth-order valence-corrected chi connectivity index (χ4v) is 3.01. The molecule has 1 aromatic rings. The van der Waals surface area contributed by atoms with Gasteiger partial charge in [0.15, 0.2) is 0 Å². The molecular weight excluding hydrogens is 236 g/mol. The van der Waals surface area contributed by atoms with E-state index >= 15 is 0 Å². The second kappa shape index (κ2) is 6.09. The predicted molar refractivity (Wildman–Crippen MR) is 79.5 cm³/mol. The van der Waals surface area contributed by atoms with Crippen LogP contribution in [-0.2, 0) is 0 Å². The highest BCUT2D eigenvalue weighted by Crippen LogP contribution is 2.24. The quantitative estimate of drug-likeness (QED) is 0.905. The number of hydrogen-bond acceptors (Lipinski definition) is 2. The van der Waals surface area contributed by atoms with E-state index in [-0.39, 0.29) is 5.91 Å². The molecule has 19 heavy (non-hydrogen) atoms. The summed E-state index contributed by atoms with van der Waals surface area (Å²) in [7, 11) is 0. The first-order valence-electron chi connectivity index (χ1n) is 7.24. The fourth-order valence-electron chi connectivity index (χ4n) is 3.01. The van der Waals surface area contributed by atoms with Crippen LogP contribution in [0.1, 0.15) is 37.6 Å². The molecule has 1 heterocycles. The van der Waals surface area contributed by atoms with Crippen molar-refractivity contribution in [1.29, 1.82) is 0 Å². The molecule has 1 saturated heterocycles. The van der Waals surface area contributed by atoms with Gasteiger partial charge in [-0.25, -0.2) is 0 Å². The lowest BCUT2D eigenvalue weighted by molar-refractivity contribution is 0.0624. The summed E-state index contributed by atoms with van der Waals surface area (Å²) in [5.74, 6) is 1.35. The molecule has 0 aromatic heterocycles. The van der Waals surface area contributed by atoms with E-state index in [9.17, 15) is 4.79 Å². The van der Waals surface area contributed by atoms with Crippen molar-refractivity contribution in [2.45, 2.75) is 27.2 Å². The summed E-state index contributed by atoms with van der Waals surface area (Å²) >= 11 is 0. The Morgan fingerprint density at radius 2 is 1.89 bits per heavy atom. The first kappa shape index (κ1) is 13.9. The zero-order valence-corrected chi connectivity index (χ0v) is 12.1. The van der Waals surface area contributed by atoms with Crippen LogP contribution in [0.5, 0.6) is 0 Å². The lowest BCUT2D eigenvalue weighted by atomic mass is 9.91. The van der Waals surface area contributed by atoms with Crippen LogP contribution in [-0.4, -0.2) is 30.4 Å². The van der Waals surface area contributed by atoms with Crippen molar-refractivity contribution < 1.29 is 4.79 Å². The summed E-state index contributed by atoms with van der Waals surface area (Å²) in [5.41, 5.74) is 1.74. The molecule has 0 spiro atoms. The van der Waals surface area contributed by atoms with E-state index in [0.29, 0.717) is 11.8 Å². The third-order valence-corrected chi connectivity index (χ3v) is 3.68. The molecule has 2 rings (SSSR count). The molecule has 1 fully saturated rings. The van der Waals surface area contributed by atoms with Gasteiger partial charge < -0.3 is 10.2 Å². The molecule has 0 bridgehead atoms. The smallest absolute Gasteiger partial charge is 0.255 e. The highest BCUT2D eigenvalue weighted by molar-refractivity contribution is 5.99. The van der Waals surface area contributed by atoms with Gasteiger partial charge in [-0.2, -0.15) is 0 Å². The molecule has 0 radical (unpaired) electrons. The summed E-state index contributed by atoms with van der Waals surface area (Å²) in [6.07, 6.45) is 1.22. The molecule has 2 atom stereocenters. The largest absolute Gasteiger partial charge is 0.385 e. The zero-order chi connectivity index (χ0) is 13.8. The zero-order valence-electron chi connectivity index (χ0n) is 12.1. The molecular formula is C16H24N2O. The number of amides is 1. The number of piperidine rings is 1. The van der Waals surface area contributed by atoms with Crippen molar-refractivity contribution in [3.8, 4) is 0 Å². The molecule has 3 nitrogen and oxygen atoms in total. The minimum absolute atomic E-state index is 0.162. The van der Waals surface area contributed by atoms with E-state index in [1.165, 1.54) is 6.42 Å². The van der Waals surface area contributed by atoms with Crippen LogP contribution in [0.25, 0.3) is 0 Å². The fraction of sp³-hybridized carbons (Fsp3) is 0.562. The van der Waals surface area contributed by atoms with Crippen LogP contribution in [0, 0.1) is 11.8 Å². The Hall–Kier alpha value is -1.51. The van der Waals surface area contributed by atoms with Crippen molar-refractivity contribution in [3.05, 3.63) is 29.8 Å². The standard InChI is InChI=1S/C16H24N2O/c1-4-17-15-8-6-5-7-14(15)16(19)18-10-12(2)9-13(3)11-18/h5-8,12-13,17H,4,9-11H2,1-3H3. The van der Waals surface area contributed by atoms with Crippen molar-refractivity contribution in [3.63, 3.8) is 0 Å². The van der Waals surface area contributed by atoms with E-state index in [1.807, 2.05) is 36.1 Å². The maximum absolute atomic E-state index is 12.7. The Morgan fingerprint density at radius 1 is 1.26 bits per heavy atom. The number of carbonyl (C=O) groups is 1. The summed E-state index contributed by atoms with van der Waals surface area (Å²) in [6, 6.07) is 7.80. The highest BCUT2D eigenvalue weighted by Gasteiger charge is 2.27. The van der Waals surface area contributed by atoms with Gasteiger partial charge in [0.1, 0.15) is 0 Å². The molecule has 1 N–H and O–H groups in total. The average Bonchev–Trinajstić information content (AvgIpc) is 2.38. The maximum Gasteiger partial charge on any atom is 0.255 e. The summed E-state index contributed by atoms with van der Waals surface area (Å²) in [5, 5.41) is 3.27. The average molecular weight is 260 g/mol. The lowest BCUT2D eigenvalue weighted by Gasteiger charge is -2.35. The molecule has 1 aliphatic heterocycles. The molecule has 0 saturated carbocycles. The Kier molecular flexibility index (Phi) is 4.46. The van der Waals surface area contributed by atoms with Gasteiger partial charge in [0.05, 0.1) is 5.56 Å². The summed E-state index contributed by atoms with van der Waals surface area (Å²) < 4.78 is 0. The molecule has 1 amide bonds. The Balaban J connectivity index is 2.19. The number of nitrogens with one attached hydrogen (secondary N) is 1. The predicted octanol–water partition coefficient (Wildman–Crippen LogP) is 3.24. The monoisotopic (exact) mass is 260 g/mol. The Labute approximate surface area is 116 Å². The van der Waals surface area contributed by atoms with Gasteiger partial charge >= 0.3 is 0 Å². The molecule has 0 aliphatic carbocycles. The van der Waals surface area contributed by atoms with Crippen molar-refractivity contribution in [2.75, 3.05) is 25.0 Å². The second-order valence-electron chi connectivity index (χ2n) is 5.73. The SMILES string of the molecule is CCNc1ccccc1C(=O)N1CC(C)CC(C)C1. The van der Waals surface area contributed by atoms with Crippen molar-refractivity contribution >= 4 is 11.6 Å². The molecule has 3 heteroatoms. The lowest BCUT2D eigenvalue weighted by Crippen LogP contribution is -2.42. The number of rotatable bonds is 3. The molecule has 1 aliphatic rings. The molecule has 1 aromatic carbocycles. The van der Waals surface area contributed by atoms with Gasteiger partial charge in [-0.05, 0) is 37.3 Å². The highest BCUT2D eigenvalue weighted by atomic mass is 16.2. The minimum Gasteiger partial charge on any atom is -0.385 e. The number of para-hydroxylation sites is 1. The topological polar surface area (TPSA) is 32.3 Å². The number of likely N-dealkylation sites (tertiary alicyclic amines) is 1. The molecule has 104 valence electrons. The van der Waals surface area contributed by atoms with Gasteiger partial charge in [-0.1, -0.05) is 26.0 Å². The number of nitrogens with zero attached hydrogens (tertiary/aromatic N) is 1. The summed E-state index contributed by atoms with van der Waals surface area (Å²) in [4.78, 5) is 14.7. The van der Waals surface area contributed by atoms with E-state index in [1.54, 1.807) is 0 Å².